The highest BCUT2D eigenvalue weighted by Crippen LogP contribution is 2.27. The minimum Gasteiger partial charge on any atom is -0.493 e. The number of aliphatic hydroxyl groups excluding tert-OH is 1. The van der Waals surface area contributed by atoms with Crippen LogP contribution in [0.2, 0.25) is 0 Å². The molecule has 0 bridgehead atoms. The van der Waals surface area contributed by atoms with Gasteiger partial charge in [-0.1, -0.05) is 6.07 Å². The van der Waals surface area contributed by atoms with Crippen molar-refractivity contribution in [3.63, 3.8) is 0 Å². The standard InChI is InChI=1S/C15H24N2O4/c1-15(2,10-18)17-14(19)16-8-7-11-5-6-12(20-3)13(9-11)21-4/h5-6,9,18H,7-8,10H2,1-4H3,(H2,16,17,19). The molecule has 3 N–H and O–H groups in total. The van der Waals surface area contributed by atoms with Crippen molar-refractivity contribution in [2.24, 2.45) is 0 Å². The van der Waals surface area contributed by atoms with Crippen LogP contribution in [0.4, 0.5) is 4.79 Å². The number of amides is 2. The minimum atomic E-state index is -0.632. The van der Waals surface area contributed by atoms with Gasteiger partial charge in [-0.05, 0) is 38.0 Å². The van der Waals surface area contributed by atoms with E-state index < -0.39 is 5.54 Å². The third-order valence-corrected chi connectivity index (χ3v) is 2.99. The van der Waals surface area contributed by atoms with Crippen molar-refractivity contribution in [2.45, 2.75) is 25.8 Å². The molecule has 1 aromatic carbocycles. The van der Waals surface area contributed by atoms with E-state index >= 15 is 0 Å². The molecular formula is C15H24N2O4. The molecule has 1 aromatic rings. The lowest BCUT2D eigenvalue weighted by molar-refractivity contribution is 0.182. The topological polar surface area (TPSA) is 79.8 Å². The van der Waals surface area contributed by atoms with Crippen LogP contribution in [0.25, 0.3) is 0 Å². The van der Waals surface area contributed by atoms with E-state index in [0.717, 1.165) is 5.56 Å². The average molecular weight is 296 g/mol. The van der Waals surface area contributed by atoms with Crippen LogP contribution in [-0.2, 0) is 6.42 Å². The van der Waals surface area contributed by atoms with Crippen LogP contribution >= 0.6 is 0 Å². The lowest BCUT2D eigenvalue weighted by Gasteiger charge is -2.23. The molecule has 2 amide bonds. The Balaban J connectivity index is 2.47. The van der Waals surface area contributed by atoms with Crippen molar-refractivity contribution in [3.8, 4) is 11.5 Å². The lowest BCUT2D eigenvalue weighted by Crippen LogP contribution is -2.50. The summed E-state index contributed by atoms with van der Waals surface area (Å²) < 4.78 is 10.4. The number of rotatable bonds is 7. The van der Waals surface area contributed by atoms with Gasteiger partial charge >= 0.3 is 6.03 Å². The smallest absolute Gasteiger partial charge is 0.315 e. The molecular weight excluding hydrogens is 272 g/mol. The number of hydrogen-bond acceptors (Lipinski definition) is 4. The molecule has 0 aromatic heterocycles. The van der Waals surface area contributed by atoms with Crippen molar-refractivity contribution in [2.75, 3.05) is 27.4 Å². The third-order valence-electron chi connectivity index (χ3n) is 2.99. The molecule has 0 aliphatic carbocycles. The van der Waals surface area contributed by atoms with Gasteiger partial charge in [0, 0.05) is 6.54 Å². The molecule has 0 fully saturated rings. The second-order valence-electron chi connectivity index (χ2n) is 5.36. The monoisotopic (exact) mass is 296 g/mol. The molecule has 1 rings (SSSR count). The molecule has 0 saturated carbocycles. The first-order chi connectivity index (χ1) is 9.91. The summed E-state index contributed by atoms with van der Waals surface area (Å²) >= 11 is 0. The number of benzene rings is 1. The zero-order chi connectivity index (χ0) is 15.9. The number of nitrogens with one attached hydrogen (secondary N) is 2. The average Bonchev–Trinajstić information content (AvgIpc) is 2.46. The normalized spacial score (nSPS) is 10.9. The molecule has 0 unspecified atom stereocenters. The van der Waals surface area contributed by atoms with Crippen molar-refractivity contribution >= 4 is 6.03 Å². The Morgan fingerprint density at radius 3 is 2.48 bits per heavy atom. The van der Waals surface area contributed by atoms with E-state index in [4.69, 9.17) is 14.6 Å². The van der Waals surface area contributed by atoms with E-state index in [1.807, 2.05) is 18.2 Å². The van der Waals surface area contributed by atoms with Crippen molar-refractivity contribution in [1.82, 2.24) is 10.6 Å². The summed E-state index contributed by atoms with van der Waals surface area (Å²) in [4.78, 5) is 11.7. The zero-order valence-corrected chi connectivity index (χ0v) is 13.0. The van der Waals surface area contributed by atoms with E-state index in [1.165, 1.54) is 0 Å². The van der Waals surface area contributed by atoms with Gasteiger partial charge < -0.3 is 25.2 Å². The van der Waals surface area contributed by atoms with E-state index in [1.54, 1.807) is 28.1 Å². The highest BCUT2D eigenvalue weighted by molar-refractivity contribution is 5.74. The number of aliphatic hydroxyl groups is 1. The molecule has 118 valence electrons. The molecule has 0 aliphatic heterocycles. The molecule has 6 heteroatoms. The van der Waals surface area contributed by atoms with Gasteiger partial charge in [-0.25, -0.2) is 4.79 Å². The van der Waals surface area contributed by atoms with E-state index in [-0.39, 0.29) is 12.6 Å². The number of methoxy groups -OCH3 is 2. The zero-order valence-electron chi connectivity index (χ0n) is 13.0. The quantitative estimate of drug-likeness (QED) is 0.709. The summed E-state index contributed by atoms with van der Waals surface area (Å²) in [5.74, 6) is 1.34. The fourth-order valence-corrected chi connectivity index (χ4v) is 1.75. The van der Waals surface area contributed by atoms with Gasteiger partial charge in [-0.2, -0.15) is 0 Å². The van der Waals surface area contributed by atoms with Crippen LogP contribution in [0, 0.1) is 0 Å². The first kappa shape index (κ1) is 17.1. The molecule has 0 atom stereocenters. The number of ether oxygens (including phenoxy) is 2. The second kappa shape index (κ2) is 7.73. The van der Waals surface area contributed by atoms with Crippen LogP contribution in [0.3, 0.4) is 0 Å². The maximum Gasteiger partial charge on any atom is 0.315 e. The summed E-state index contributed by atoms with van der Waals surface area (Å²) in [5, 5.41) is 14.5. The SMILES string of the molecule is COc1ccc(CCNC(=O)NC(C)(C)CO)cc1OC. The van der Waals surface area contributed by atoms with Gasteiger partial charge in [0.25, 0.3) is 0 Å². The Labute approximate surface area is 125 Å². The van der Waals surface area contributed by atoms with Crippen LogP contribution in [-0.4, -0.2) is 44.0 Å². The molecule has 0 radical (unpaired) electrons. The Morgan fingerprint density at radius 1 is 1.24 bits per heavy atom. The summed E-state index contributed by atoms with van der Waals surface area (Å²) in [6.07, 6.45) is 0.674. The van der Waals surface area contributed by atoms with Gasteiger partial charge in [-0.15, -0.1) is 0 Å². The van der Waals surface area contributed by atoms with E-state index in [2.05, 4.69) is 10.6 Å². The molecule has 6 nitrogen and oxygen atoms in total. The summed E-state index contributed by atoms with van der Waals surface area (Å²) in [6.45, 7) is 3.88. The van der Waals surface area contributed by atoms with Crippen LogP contribution in [0.5, 0.6) is 11.5 Å². The largest absolute Gasteiger partial charge is 0.493 e. The maximum absolute atomic E-state index is 11.7. The second-order valence-corrected chi connectivity index (χ2v) is 5.36. The highest BCUT2D eigenvalue weighted by Gasteiger charge is 2.18. The van der Waals surface area contributed by atoms with Gasteiger partial charge in [0.2, 0.25) is 0 Å². The van der Waals surface area contributed by atoms with Gasteiger partial charge in [0.15, 0.2) is 11.5 Å². The van der Waals surface area contributed by atoms with Crippen molar-refractivity contribution < 1.29 is 19.4 Å². The van der Waals surface area contributed by atoms with Crippen molar-refractivity contribution in [1.29, 1.82) is 0 Å². The number of hydrogen-bond donors (Lipinski definition) is 3. The van der Waals surface area contributed by atoms with E-state index in [9.17, 15) is 4.79 Å². The highest BCUT2D eigenvalue weighted by atomic mass is 16.5. The summed E-state index contributed by atoms with van der Waals surface area (Å²) in [6, 6.07) is 5.35. The number of carbonyl (C=O) groups excluding carboxylic acids is 1. The predicted molar refractivity (Wildman–Crippen MR) is 80.9 cm³/mol. The van der Waals surface area contributed by atoms with Gasteiger partial charge in [0.1, 0.15) is 0 Å². The predicted octanol–water partition coefficient (Wildman–Crippen LogP) is 1.32. The summed E-state index contributed by atoms with van der Waals surface area (Å²) in [5.41, 5.74) is 0.405. The Kier molecular flexibility index (Phi) is 6.30. The number of carbonyl (C=O) groups is 1. The maximum atomic E-state index is 11.7. The summed E-state index contributed by atoms with van der Waals surface area (Å²) in [7, 11) is 3.18. The van der Waals surface area contributed by atoms with Gasteiger partial charge in [0.05, 0.1) is 26.4 Å². The van der Waals surface area contributed by atoms with Gasteiger partial charge in [-0.3, -0.25) is 0 Å². The Morgan fingerprint density at radius 2 is 1.90 bits per heavy atom. The molecule has 0 heterocycles. The first-order valence-electron chi connectivity index (χ1n) is 6.79. The lowest BCUT2D eigenvalue weighted by atomic mass is 10.1. The fourth-order valence-electron chi connectivity index (χ4n) is 1.75. The molecule has 21 heavy (non-hydrogen) atoms. The van der Waals surface area contributed by atoms with Crippen molar-refractivity contribution in [3.05, 3.63) is 23.8 Å². The molecule has 0 aliphatic rings. The Hall–Kier alpha value is -1.95. The van der Waals surface area contributed by atoms with Crippen LogP contribution in [0.15, 0.2) is 18.2 Å². The Bertz CT molecular complexity index is 475. The van der Waals surface area contributed by atoms with E-state index in [0.29, 0.717) is 24.5 Å². The molecule has 0 saturated heterocycles. The van der Waals surface area contributed by atoms with Crippen LogP contribution < -0.4 is 20.1 Å². The van der Waals surface area contributed by atoms with Crippen LogP contribution in [0.1, 0.15) is 19.4 Å². The third kappa shape index (κ3) is 5.51. The molecule has 0 spiro atoms. The minimum absolute atomic E-state index is 0.115. The number of urea groups is 1. The first-order valence-corrected chi connectivity index (χ1v) is 6.79. The fraction of sp³-hybridized carbons (Fsp3) is 0.533.